The molecule has 0 unspecified atom stereocenters. The van der Waals surface area contributed by atoms with E-state index < -0.39 is 0 Å². The maximum atomic E-state index is 5.38. The summed E-state index contributed by atoms with van der Waals surface area (Å²) in [7, 11) is 0. The maximum absolute atomic E-state index is 5.38. The van der Waals surface area contributed by atoms with Gasteiger partial charge >= 0.3 is 0 Å². The number of anilines is 3. The molecule has 3 heterocycles. The number of benzene rings is 1. The summed E-state index contributed by atoms with van der Waals surface area (Å²) < 4.78 is 6.39. The minimum Gasteiger partial charge on any atom is -0.379 e. The summed E-state index contributed by atoms with van der Waals surface area (Å²) in [5, 5.41) is 7.60. The summed E-state index contributed by atoms with van der Waals surface area (Å²) in [6, 6.07) is 9.92. The Morgan fingerprint density at radius 3 is 2.85 bits per heavy atom. The van der Waals surface area contributed by atoms with Gasteiger partial charge in [0.05, 0.1) is 24.1 Å². The number of nitrogens with zero attached hydrogens (tertiary/aromatic N) is 4. The smallest absolute Gasteiger partial charge is 0.143 e. The van der Waals surface area contributed by atoms with Crippen molar-refractivity contribution in [2.24, 2.45) is 0 Å². The summed E-state index contributed by atoms with van der Waals surface area (Å²) >= 11 is 3.48. The van der Waals surface area contributed by atoms with Crippen LogP contribution >= 0.6 is 15.9 Å². The Morgan fingerprint density at radius 1 is 1.11 bits per heavy atom. The van der Waals surface area contributed by atoms with Gasteiger partial charge in [-0.25, -0.2) is 15.0 Å². The summed E-state index contributed by atoms with van der Waals surface area (Å²) in [5.41, 5.74) is 1.81. The molecule has 140 valence electrons. The van der Waals surface area contributed by atoms with Crippen LogP contribution in [0.2, 0.25) is 0 Å². The molecule has 4 rings (SSSR count). The van der Waals surface area contributed by atoms with E-state index in [2.05, 4.69) is 46.4 Å². The fourth-order valence-corrected chi connectivity index (χ4v) is 3.42. The van der Waals surface area contributed by atoms with E-state index in [0.29, 0.717) is 0 Å². The Bertz CT molecular complexity index is 916. The van der Waals surface area contributed by atoms with Gasteiger partial charge in [-0.05, 0) is 18.2 Å². The third-order valence-electron chi connectivity index (χ3n) is 4.45. The van der Waals surface area contributed by atoms with Gasteiger partial charge < -0.3 is 15.4 Å². The second-order valence-corrected chi connectivity index (χ2v) is 7.24. The third kappa shape index (κ3) is 4.71. The lowest BCUT2D eigenvalue weighted by atomic mass is 10.2. The maximum Gasteiger partial charge on any atom is 0.143 e. The van der Waals surface area contributed by atoms with Crippen molar-refractivity contribution < 1.29 is 4.74 Å². The van der Waals surface area contributed by atoms with Gasteiger partial charge in [0.25, 0.3) is 0 Å². The second kappa shape index (κ2) is 8.60. The fraction of sp³-hybridized carbons (Fsp3) is 0.316. The van der Waals surface area contributed by atoms with Crippen LogP contribution in [0.5, 0.6) is 0 Å². The van der Waals surface area contributed by atoms with E-state index in [9.17, 15) is 0 Å². The molecule has 1 aliphatic heterocycles. The molecule has 0 radical (unpaired) electrons. The Kier molecular flexibility index (Phi) is 5.76. The van der Waals surface area contributed by atoms with Gasteiger partial charge in [-0.2, -0.15) is 0 Å². The molecule has 3 aromatic rings. The average molecular weight is 429 g/mol. The van der Waals surface area contributed by atoms with Crippen molar-refractivity contribution in [2.75, 3.05) is 50.0 Å². The number of rotatable bonds is 6. The molecule has 0 atom stereocenters. The molecule has 2 aromatic heterocycles. The van der Waals surface area contributed by atoms with Crippen molar-refractivity contribution in [3.63, 3.8) is 0 Å². The van der Waals surface area contributed by atoms with Crippen molar-refractivity contribution in [3.8, 4) is 0 Å². The first-order chi connectivity index (χ1) is 13.3. The zero-order valence-corrected chi connectivity index (χ0v) is 16.4. The fourth-order valence-electron chi connectivity index (χ4n) is 3.02. The van der Waals surface area contributed by atoms with E-state index in [1.54, 1.807) is 6.33 Å². The van der Waals surface area contributed by atoms with Crippen molar-refractivity contribution >= 4 is 44.2 Å². The van der Waals surface area contributed by atoms with Crippen molar-refractivity contribution in [3.05, 3.63) is 47.3 Å². The molecule has 8 heteroatoms. The SMILES string of the molecule is Brc1cccc(Nc2ncnc3cc(NCCN4CCOCC4)ncc23)c1. The number of nitrogens with one attached hydrogen (secondary N) is 2. The van der Waals surface area contributed by atoms with E-state index >= 15 is 0 Å². The zero-order valence-electron chi connectivity index (χ0n) is 14.9. The number of hydrogen-bond acceptors (Lipinski definition) is 7. The molecule has 2 N–H and O–H groups in total. The van der Waals surface area contributed by atoms with Crippen LogP contribution in [-0.2, 0) is 4.74 Å². The zero-order chi connectivity index (χ0) is 18.5. The van der Waals surface area contributed by atoms with Crippen molar-refractivity contribution in [2.45, 2.75) is 0 Å². The van der Waals surface area contributed by atoms with Crippen LogP contribution in [0.25, 0.3) is 10.9 Å². The van der Waals surface area contributed by atoms with Gasteiger partial charge in [-0.1, -0.05) is 22.0 Å². The number of fused-ring (bicyclic) bond motifs is 1. The Labute approximate surface area is 166 Å². The van der Waals surface area contributed by atoms with E-state index in [1.807, 2.05) is 36.5 Å². The topological polar surface area (TPSA) is 75.2 Å². The van der Waals surface area contributed by atoms with Gasteiger partial charge in [0.15, 0.2) is 0 Å². The summed E-state index contributed by atoms with van der Waals surface area (Å²) in [6.45, 7) is 5.43. The lowest BCUT2D eigenvalue weighted by Gasteiger charge is -2.26. The predicted molar refractivity (Wildman–Crippen MR) is 111 cm³/mol. The van der Waals surface area contributed by atoms with Crippen molar-refractivity contribution in [1.29, 1.82) is 0 Å². The second-order valence-electron chi connectivity index (χ2n) is 6.33. The molecule has 1 aliphatic rings. The molecular formula is C19H21BrN6O. The minimum atomic E-state index is 0.741. The Balaban J connectivity index is 1.44. The van der Waals surface area contributed by atoms with Crippen LogP contribution in [0.3, 0.4) is 0 Å². The van der Waals surface area contributed by atoms with Crippen LogP contribution in [-0.4, -0.2) is 59.2 Å². The van der Waals surface area contributed by atoms with Crippen LogP contribution in [0.4, 0.5) is 17.3 Å². The molecule has 27 heavy (non-hydrogen) atoms. The summed E-state index contributed by atoms with van der Waals surface area (Å²) in [4.78, 5) is 15.7. The molecular weight excluding hydrogens is 408 g/mol. The van der Waals surface area contributed by atoms with Crippen LogP contribution < -0.4 is 10.6 Å². The van der Waals surface area contributed by atoms with Gasteiger partial charge in [-0.15, -0.1) is 0 Å². The summed E-state index contributed by atoms with van der Waals surface area (Å²) in [5.74, 6) is 1.56. The predicted octanol–water partition coefficient (Wildman–Crippen LogP) is 3.28. The molecule has 0 spiro atoms. The van der Waals surface area contributed by atoms with Crippen LogP contribution in [0.15, 0.2) is 47.3 Å². The first-order valence-corrected chi connectivity index (χ1v) is 9.74. The molecule has 0 bridgehead atoms. The molecule has 0 amide bonds. The van der Waals surface area contributed by atoms with E-state index in [1.165, 1.54) is 0 Å². The normalized spacial score (nSPS) is 15.0. The standard InChI is InChI=1S/C19H21BrN6O/c20-14-2-1-3-15(10-14)25-19-16-12-22-18(11-17(16)23-13-24-19)21-4-5-26-6-8-27-9-7-26/h1-3,10-13H,4-9H2,(H,21,22)(H,23,24,25). The highest BCUT2D eigenvalue weighted by Gasteiger charge is 2.10. The molecule has 1 saturated heterocycles. The number of aromatic nitrogens is 3. The quantitative estimate of drug-likeness (QED) is 0.623. The molecule has 1 fully saturated rings. The van der Waals surface area contributed by atoms with Gasteiger partial charge in [0.2, 0.25) is 0 Å². The highest BCUT2D eigenvalue weighted by atomic mass is 79.9. The van der Waals surface area contributed by atoms with E-state index in [0.717, 1.165) is 72.1 Å². The van der Waals surface area contributed by atoms with Crippen LogP contribution in [0.1, 0.15) is 0 Å². The Hall–Kier alpha value is -2.29. The lowest BCUT2D eigenvalue weighted by molar-refractivity contribution is 0.0398. The average Bonchev–Trinajstić information content (AvgIpc) is 2.69. The summed E-state index contributed by atoms with van der Waals surface area (Å²) in [6.07, 6.45) is 3.38. The molecule has 0 aliphatic carbocycles. The first kappa shape index (κ1) is 18.1. The number of hydrogen-bond donors (Lipinski definition) is 2. The Morgan fingerprint density at radius 2 is 2.00 bits per heavy atom. The number of morpholine rings is 1. The molecule has 1 aromatic carbocycles. The highest BCUT2D eigenvalue weighted by Crippen LogP contribution is 2.25. The molecule has 7 nitrogen and oxygen atoms in total. The van der Waals surface area contributed by atoms with Crippen LogP contribution in [0, 0.1) is 0 Å². The minimum absolute atomic E-state index is 0.741. The van der Waals surface area contributed by atoms with Gasteiger partial charge in [-0.3, -0.25) is 4.90 Å². The number of pyridine rings is 1. The third-order valence-corrected chi connectivity index (χ3v) is 4.94. The highest BCUT2D eigenvalue weighted by molar-refractivity contribution is 9.10. The number of ether oxygens (including phenoxy) is 1. The van der Waals surface area contributed by atoms with Gasteiger partial charge in [0.1, 0.15) is 18.0 Å². The monoisotopic (exact) mass is 428 g/mol. The van der Waals surface area contributed by atoms with Gasteiger partial charge in [0, 0.05) is 48.6 Å². The molecule has 0 saturated carbocycles. The largest absolute Gasteiger partial charge is 0.379 e. The lowest BCUT2D eigenvalue weighted by Crippen LogP contribution is -2.39. The van der Waals surface area contributed by atoms with E-state index in [-0.39, 0.29) is 0 Å². The van der Waals surface area contributed by atoms with Crippen molar-refractivity contribution in [1.82, 2.24) is 19.9 Å². The first-order valence-electron chi connectivity index (χ1n) is 8.95. The van der Waals surface area contributed by atoms with E-state index in [4.69, 9.17) is 4.74 Å². The number of halogens is 1.